The van der Waals surface area contributed by atoms with Gasteiger partial charge in [-0.05, 0) is 109 Å². The molecule has 0 unspecified atom stereocenters. The fraction of sp³-hybridized carbons (Fsp3) is 0.147. The van der Waals surface area contributed by atoms with E-state index in [2.05, 4.69) is 22.6 Å². The first-order valence-electron chi connectivity index (χ1n) is 13.3. The van der Waals surface area contributed by atoms with Gasteiger partial charge in [0.2, 0.25) is 0 Å². The Labute approximate surface area is 264 Å². The van der Waals surface area contributed by atoms with Gasteiger partial charge in [0.25, 0.3) is 11.8 Å². The first kappa shape index (κ1) is 29.5. The third-order valence-electron chi connectivity index (χ3n) is 6.90. The van der Waals surface area contributed by atoms with Gasteiger partial charge in [0.05, 0.1) is 22.1 Å². The molecule has 1 heterocycles. The van der Waals surface area contributed by atoms with Gasteiger partial charge in [-0.3, -0.25) is 19.4 Å². The van der Waals surface area contributed by atoms with Crippen LogP contribution >= 0.6 is 34.8 Å². The molecule has 0 aliphatic carbocycles. The molecule has 1 aliphatic rings. The van der Waals surface area contributed by atoms with Gasteiger partial charge < -0.3 is 9.47 Å². The van der Waals surface area contributed by atoms with Crippen LogP contribution in [0.2, 0.25) is 0 Å². The highest BCUT2D eigenvalue weighted by atomic mass is 127. The van der Waals surface area contributed by atoms with Crippen LogP contribution in [0.1, 0.15) is 27.8 Å². The molecule has 0 saturated carbocycles. The Kier molecular flexibility index (Phi) is 8.74. The predicted octanol–water partition coefficient (Wildman–Crippen LogP) is 7.55. The van der Waals surface area contributed by atoms with Crippen molar-refractivity contribution in [2.75, 3.05) is 16.9 Å². The number of carbonyl (C=O) groups is 2. The van der Waals surface area contributed by atoms with Crippen molar-refractivity contribution in [3.63, 3.8) is 0 Å². The first-order chi connectivity index (χ1) is 20.2. The van der Waals surface area contributed by atoms with Gasteiger partial charge in [-0.1, -0.05) is 65.2 Å². The summed E-state index contributed by atoms with van der Waals surface area (Å²) >= 11 is 7.93. The van der Waals surface area contributed by atoms with Crippen LogP contribution in [-0.4, -0.2) is 24.0 Å². The smallest absolute Gasteiger partial charge is 0.270 e. The quantitative estimate of drug-likeness (QED) is 0.0869. The van der Waals surface area contributed by atoms with Gasteiger partial charge in [-0.25, -0.2) is 0 Å². The Balaban J connectivity index is 1.54. The number of methoxy groups -OCH3 is 1. The van der Waals surface area contributed by atoms with Crippen molar-refractivity contribution in [3.8, 4) is 11.5 Å². The summed E-state index contributed by atoms with van der Waals surface area (Å²) in [5.74, 6) is 0.0977. The number of halogens is 1. The zero-order valence-corrected chi connectivity index (χ0v) is 26.7. The highest BCUT2D eigenvalue weighted by molar-refractivity contribution is 14.1. The predicted molar refractivity (Wildman–Crippen MR) is 179 cm³/mol. The molecule has 2 amide bonds. The van der Waals surface area contributed by atoms with Gasteiger partial charge in [0.15, 0.2) is 16.6 Å². The number of thiocarbonyl (C=S) groups is 1. The lowest BCUT2D eigenvalue weighted by atomic mass is 10.0. The molecule has 0 spiro atoms. The Morgan fingerprint density at radius 3 is 1.71 bits per heavy atom. The van der Waals surface area contributed by atoms with Crippen LogP contribution in [0.25, 0.3) is 6.08 Å². The van der Waals surface area contributed by atoms with Crippen molar-refractivity contribution < 1.29 is 19.1 Å². The standard InChI is InChI=1S/C34H29IN2O4S/c1-21-5-11-24(12-6-21)20-41-31-29(35)18-25(19-30(31)40-4)17-28-32(38)36(26-13-7-22(2)8-14-26)34(42)37(33(28)39)27-15-9-23(3)10-16-27/h5-19H,20H2,1-4H3. The van der Waals surface area contributed by atoms with E-state index in [0.717, 1.165) is 20.3 Å². The molecule has 0 N–H and O–H groups in total. The Bertz CT molecular complexity index is 1630. The highest BCUT2D eigenvalue weighted by Crippen LogP contribution is 2.36. The van der Waals surface area contributed by atoms with Crippen LogP contribution in [0.5, 0.6) is 11.5 Å². The summed E-state index contributed by atoms with van der Waals surface area (Å²) < 4.78 is 12.6. The number of carbonyl (C=O) groups excluding carboxylic acids is 2. The van der Waals surface area contributed by atoms with Crippen LogP contribution < -0.4 is 19.3 Å². The number of anilines is 2. The van der Waals surface area contributed by atoms with Gasteiger partial charge in [-0.15, -0.1) is 0 Å². The summed E-state index contributed by atoms with van der Waals surface area (Å²) in [6.45, 7) is 6.35. The van der Waals surface area contributed by atoms with Gasteiger partial charge in [0, 0.05) is 0 Å². The monoisotopic (exact) mass is 688 g/mol. The van der Waals surface area contributed by atoms with Crippen molar-refractivity contribution in [2.45, 2.75) is 27.4 Å². The van der Waals surface area contributed by atoms with Crippen LogP contribution in [0.3, 0.4) is 0 Å². The minimum Gasteiger partial charge on any atom is -0.493 e. The second-order valence-corrected chi connectivity index (χ2v) is 11.6. The number of hydrogen-bond donors (Lipinski definition) is 0. The fourth-order valence-corrected chi connectivity index (χ4v) is 5.70. The maximum Gasteiger partial charge on any atom is 0.270 e. The Hall–Kier alpha value is -4.02. The molecule has 6 nitrogen and oxygen atoms in total. The molecule has 4 aromatic carbocycles. The zero-order valence-electron chi connectivity index (χ0n) is 23.7. The lowest BCUT2D eigenvalue weighted by molar-refractivity contribution is -0.120. The summed E-state index contributed by atoms with van der Waals surface area (Å²) in [4.78, 5) is 30.7. The second-order valence-electron chi connectivity index (χ2n) is 10.1. The van der Waals surface area contributed by atoms with E-state index in [1.54, 1.807) is 19.3 Å². The minimum absolute atomic E-state index is 0.0177. The largest absolute Gasteiger partial charge is 0.493 e. The third-order valence-corrected chi connectivity index (χ3v) is 8.07. The summed E-state index contributed by atoms with van der Waals surface area (Å²) in [5, 5.41) is 0.0990. The van der Waals surface area contributed by atoms with Crippen molar-refractivity contribution >= 4 is 69.2 Å². The number of benzene rings is 4. The van der Waals surface area contributed by atoms with E-state index in [4.69, 9.17) is 21.7 Å². The number of amides is 2. The molecular weight excluding hydrogens is 659 g/mol. The average Bonchev–Trinajstić information content (AvgIpc) is 2.97. The summed E-state index contributed by atoms with van der Waals surface area (Å²) in [6, 6.07) is 26.7. The molecule has 0 radical (unpaired) electrons. The number of aryl methyl sites for hydroxylation is 3. The van der Waals surface area contributed by atoms with E-state index in [1.807, 2.05) is 99.6 Å². The van der Waals surface area contributed by atoms with Crippen molar-refractivity contribution in [2.24, 2.45) is 0 Å². The van der Waals surface area contributed by atoms with Crippen LogP contribution in [-0.2, 0) is 16.2 Å². The molecule has 212 valence electrons. The molecule has 4 aromatic rings. The Morgan fingerprint density at radius 1 is 0.762 bits per heavy atom. The van der Waals surface area contributed by atoms with Gasteiger partial charge >= 0.3 is 0 Å². The lowest BCUT2D eigenvalue weighted by Gasteiger charge is -2.36. The van der Waals surface area contributed by atoms with E-state index in [1.165, 1.54) is 15.4 Å². The molecule has 1 aliphatic heterocycles. The molecule has 1 saturated heterocycles. The van der Waals surface area contributed by atoms with Crippen LogP contribution in [0.4, 0.5) is 11.4 Å². The molecule has 0 bridgehead atoms. The summed E-state index contributed by atoms with van der Waals surface area (Å²) in [6.07, 6.45) is 1.59. The molecular formula is C34H29IN2O4S. The second kappa shape index (κ2) is 12.5. The molecule has 8 heteroatoms. The molecule has 0 atom stereocenters. The summed E-state index contributed by atoms with van der Waals surface area (Å²) in [7, 11) is 1.56. The number of ether oxygens (including phenoxy) is 2. The van der Waals surface area contributed by atoms with Crippen molar-refractivity contribution in [1.82, 2.24) is 0 Å². The van der Waals surface area contributed by atoms with E-state index in [9.17, 15) is 9.59 Å². The lowest BCUT2D eigenvalue weighted by Crippen LogP contribution is -2.56. The highest BCUT2D eigenvalue weighted by Gasteiger charge is 2.41. The van der Waals surface area contributed by atoms with E-state index in [0.29, 0.717) is 35.0 Å². The SMILES string of the molecule is COc1cc(C=C2C(=O)N(c3ccc(C)cc3)C(=S)N(c3ccc(C)cc3)C2=O)cc(I)c1OCc1ccc(C)cc1. The zero-order chi connectivity index (χ0) is 30.0. The van der Waals surface area contributed by atoms with Crippen molar-refractivity contribution in [1.29, 1.82) is 0 Å². The molecule has 42 heavy (non-hydrogen) atoms. The maximum absolute atomic E-state index is 13.9. The van der Waals surface area contributed by atoms with Gasteiger partial charge in [0.1, 0.15) is 12.2 Å². The van der Waals surface area contributed by atoms with E-state index >= 15 is 0 Å². The molecule has 5 rings (SSSR count). The number of hydrogen-bond acceptors (Lipinski definition) is 5. The van der Waals surface area contributed by atoms with Crippen LogP contribution in [0, 0.1) is 24.3 Å². The van der Waals surface area contributed by atoms with E-state index in [-0.39, 0.29) is 10.7 Å². The third kappa shape index (κ3) is 6.10. The Morgan fingerprint density at radius 2 is 1.24 bits per heavy atom. The normalized spacial score (nSPS) is 13.5. The van der Waals surface area contributed by atoms with E-state index < -0.39 is 11.8 Å². The topological polar surface area (TPSA) is 59.1 Å². The molecule has 1 fully saturated rings. The van der Waals surface area contributed by atoms with Gasteiger partial charge in [-0.2, -0.15) is 0 Å². The van der Waals surface area contributed by atoms with Crippen molar-refractivity contribution in [3.05, 3.63) is 122 Å². The minimum atomic E-state index is -0.495. The first-order valence-corrected chi connectivity index (χ1v) is 14.8. The summed E-state index contributed by atoms with van der Waals surface area (Å²) in [5.41, 5.74) is 6.07. The fourth-order valence-electron chi connectivity index (χ4n) is 4.54. The maximum atomic E-state index is 13.9. The van der Waals surface area contributed by atoms with Crippen LogP contribution in [0.15, 0.2) is 90.5 Å². The average molecular weight is 689 g/mol. The number of rotatable bonds is 7. The molecule has 0 aromatic heterocycles. The number of nitrogens with zero attached hydrogens (tertiary/aromatic N) is 2.